The van der Waals surface area contributed by atoms with Gasteiger partial charge in [-0.1, -0.05) is 44.0 Å². The molecule has 3 aromatic carbocycles. The molecule has 1 heterocycles. The number of aromatic nitrogens is 2. The molecule has 0 amide bonds. The Kier molecular flexibility index (Phi) is 6.90. The van der Waals surface area contributed by atoms with E-state index in [4.69, 9.17) is 14.9 Å². The third-order valence-corrected chi connectivity index (χ3v) is 7.13. The molecule has 5 rings (SSSR count). The van der Waals surface area contributed by atoms with Gasteiger partial charge >= 0.3 is 5.97 Å². The molecule has 1 N–H and O–H groups in total. The number of rotatable bonds is 9. The number of carboxylic acid groups (broad SMARTS) is 1. The predicted octanol–water partition coefficient (Wildman–Crippen LogP) is 6.88. The van der Waals surface area contributed by atoms with Gasteiger partial charge in [0.1, 0.15) is 18.1 Å². The van der Waals surface area contributed by atoms with Gasteiger partial charge in [-0.05, 0) is 60.2 Å². The fourth-order valence-corrected chi connectivity index (χ4v) is 5.09. The van der Waals surface area contributed by atoms with Crippen LogP contribution in [-0.4, -0.2) is 25.8 Å². The fourth-order valence-electron chi connectivity index (χ4n) is 5.09. The minimum absolute atomic E-state index is 0.0604. The first-order valence-corrected chi connectivity index (χ1v) is 12.6. The monoisotopic (exact) mass is 499 g/mol. The van der Waals surface area contributed by atoms with Crippen molar-refractivity contribution in [3.63, 3.8) is 0 Å². The SMILES string of the molecule is CC(CC(=O)O)c1ccc(OCc2ccc3c(-c4ccc([N+](=O)[O-])cc4)nn(C4CCCC4)c3c2)cc1. The Morgan fingerprint density at radius 3 is 2.46 bits per heavy atom. The van der Waals surface area contributed by atoms with Gasteiger partial charge in [-0.2, -0.15) is 5.10 Å². The Hall–Kier alpha value is -4.20. The van der Waals surface area contributed by atoms with Crippen molar-refractivity contribution in [3.8, 4) is 17.0 Å². The number of nitrogens with zero attached hydrogens (tertiary/aromatic N) is 3. The minimum Gasteiger partial charge on any atom is -0.489 e. The molecule has 1 saturated carbocycles. The Bertz CT molecular complexity index is 1420. The second kappa shape index (κ2) is 10.4. The Balaban J connectivity index is 1.39. The topological polar surface area (TPSA) is 107 Å². The van der Waals surface area contributed by atoms with E-state index in [0.717, 1.165) is 51.9 Å². The van der Waals surface area contributed by atoms with Crippen molar-refractivity contribution in [1.82, 2.24) is 9.78 Å². The zero-order valence-corrected chi connectivity index (χ0v) is 20.7. The molecule has 1 atom stereocenters. The van der Waals surface area contributed by atoms with Crippen molar-refractivity contribution in [2.45, 2.75) is 57.6 Å². The maximum Gasteiger partial charge on any atom is 0.303 e. The summed E-state index contributed by atoms with van der Waals surface area (Å²) >= 11 is 0. The summed E-state index contributed by atoms with van der Waals surface area (Å²) in [6.07, 6.45) is 4.63. The highest BCUT2D eigenvalue weighted by Gasteiger charge is 2.23. The van der Waals surface area contributed by atoms with Gasteiger partial charge in [0.25, 0.3) is 5.69 Å². The highest BCUT2D eigenvalue weighted by atomic mass is 16.6. The van der Waals surface area contributed by atoms with E-state index in [-0.39, 0.29) is 18.0 Å². The van der Waals surface area contributed by atoms with Crippen LogP contribution < -0.4 is 4.74 Å². The lowest BCUT2D eigenvalue weighted by molar-refractivity contribution is -0.384. The molecule has 8 nitrogen and oxygen atoms in total. The maximum atomic E-state index is 11.1. The fraction of sp³-hybridized carbons (Fsp3) is 0.310. The second-order valence-electron chi connectivity index (χ2n) is 9.74. The van der Waals surface area contributed by atoms with Gasteiger partial charge in [-0.25, -0.2) is 0 Å². The van der Waals surface area contributed by atoms with Gasteiger partial charge in [0.05, 0.1) is 22.9 Å². The van der Waals surface area contributed by atoms with Crippen LogP contribution >= 0.6 is 0 Å². The third-order valence-electron chi connectivity index (χ3n) is 7.13. The minimum atomic E-state index is -0.809. The van der Waals surface area contributed by atoms with Crippen molar-refractivity contribution in [2.75, 3.05) is 0 Å². The summed E-state index contributed by atoms with van der Waals surface area (Å²) in [6.45, 7) is 2.29. The molecule has 37 heavy (non-hydrogen) atoms. The average Bonchev–Trinajstić information content (AvgIpc) is 3.55. The Labute approximate surface area is 214 Å². The molecule has 8 heteroatoms. The molecular weight excluding hydrogens is 470 g/mol. The van der Waals surface area contributed by atoms with E-state index in [1.54, 1.807) is 12.1 Å². The van der Waals surface area contributed by atoms with Crippen molar-refractivity contribution < 1.29 is 19.6 Å². The molecule has 190 valence electrons. The summed E-state index contributed by atoms with van der Waals surface area (Å²) in [5, 5.41) is 26.1. The number of fused-ring (bicyclic) bond motifs is 1. The summed E-state index contributed by atoms with van der Waals surface area (Å²) in [5.41, 5.74) is 4.77. The normalized spacial score (nSPS) is 14.6. The Morgan fingerprint density at radius 2 is 1.81 bits per heavy atom. The van der Waals surface area contributed by atoms with Gasteiger partial charge in [-0.3, -0.25) is 19.6 Å². The zero-order valence-electron chi connectivity index (χ0n) is 20.7. The lowest BCUT2D eigenvalue weighted by Crippen LogP contribution is -2.06. The van der Waals surface area contributed by atoms with Crippen LogP contribution in [0.25, 0.3) is 22.2 Å². The molecule has 0 spiro atoms. The maximum absolute atomic E-state index is 11.1. The number of aliphatic carboxylic acids is 1. The highest BCUT2D eigenvalue weighted by molar-refractivity contribution is 5.94. The lowest BCUT2D eigenvalue weighted by atomic mass is 9.98. The van der Waals surface area contributed by atoms with E-state index in [0.29, 0.717) is 12.6 Å². The van der Waals surface area contributed by atoms with E-state index in [9.17, 15) is 14.9 Å². The number of hydrogen-bond donors (Lipinski definition) is 1. The van der Waals surface area contributed by atoms with Crippen LogP contribution in [0.5, 0.6) is 5.75 Å². The molecule has 1 aromatic heterocycles. The molecule has 1 aliphatic carbocycles. The van der Waals surface area contributed by atoms with Gasteiger partial charge in [0, 0.05) is 23.1 Å². The molecule has 1 fully saturated rings. The van der Waals surface area contributed by atoms with Crippen molar-refractivity contribution in [2.24, 2.45) is 0 Å². The number of hydrogen-bond acceptors (Lipinski definition) is 5. The smallest absolute Gasteiger partial charge is 0.303 e. The van der Waals surface area contributed by atoms with Crippen LogP contribution in [0.15, 0.2) is 66.7 Å². The first-order chi connectivity index (χ1) is 17.9. The van der Waals surface area contributed by atoms with Crippen molar-refractivity contribution >= 4 is 22.6 Å². The van der Waals surface area contributed by atoms with Crippen molar-refractivity contribution in [3.05, 3.63) is 88.0 Å². The molecule has 4 aromatic rings. The number of ether oxygens (including phenoxy) is 1. The van der Waals surface area contributed by atoms with Gasteiger partial charge in [-0.15, -0.1) is 0 Å². The average molecular weight is 500 g/mol. The molecular formula is C29H29N3O5. The van der Waals surface area contributed by atoms with E-state index < -0.39 is 10.9 Å². The molecule has 0 radical (unpaired) electrons. The number of carboxylic acids is 1. The van der Waals surface area contributed by atoms with Gasteiger partial charge < -0.3 is 9.84 Å². The van der Waals surface area contributed by atoms with E-state index in [1.165, 1.54) is 25.0 Å². The number of carbonyl (C=O) groups is 1. The van der Waals surface area contributed by atoms with E-state index in [1.807, 2.05) is 37.3 Å². The predicted molar refractivity (Wildman–Crippen MR) is 141 cm³/mol. The Morgan fingerprint density at radius 1 is 1.11 bits per heavy atom. The number of nitro benzene ring substituents is 1. The van der Waals surface area contributed by atoms with Crippen LogP contribution in [0, 0.1) is 10.1 Å². The third kappa shape index (κ3) is 5.33. The number of non-ortho nitro benzene ring substituents is 1. The van der Waals surface area contributed by atoms with Crippen LogP contribution in [-0.2, 0) is 11.4 Å². The summed E-state index contributed by atoms with van der Waals surface area (Å²) in [6, 6.07) is 20.7. The van der Waals surface area contributed by atoms with Crippen LogP contribution in [0.1, 0.15) is 62.1 Å². The standard InChI is InChI=1S/C29H29N3O5/c1-19(16-28(33)34)21-9-13-25(14-10-21)37-18-20-6-15-26-27(17-20)31(23-4-2-3-5-23)30-29(26)22-7-11-24(12-8-22)32(35)36/h6-15,17,19,23H,2-5,16,18H2,1H3,(H,33,34). The van der Waals surface area contributed by atoms with E-state index >= 15 is 0 Å². The molecule has 0 bridgehead atoms. The first kappa shape index (κ1) is 24.5. The van der Waals surface area contributed by atoms with Crippen LogP contribution in [0.3, 0.4) is 0 Å². The molecule has 0 aliphatic heterocycles. The van der Waals surface area contributed by atoms with Gasteiger partial charge in [0.15, 0.2) is 0 Å². The quantitative estimate of drug-likeness (QED) is 0.199. The van der Waals surface area contributed by atoms with Gasteiger partial charge in [0.2, 0.25) is 0 Å². The number of nitro groups is 1. The number of benzene rings is 3. The lowest BCUT2D eigenvalue weighted by Gasteiger charge is -2.13. The summed E-state index contributed by atoms with van der Waals surface area (Å²) in [5.74, 6) is -0.145. The zero-order chi connectivity index (χ0) is 25.9. The molecule has 0 saturated heterocycles. The molecule has 1 aliphatic rings. The van der Waals surface area contributed by atoms with Crippen molar-refractivity contribution in [1.29, 1.82) is 0 Å². The largest absolute Gasteiger partial charge is 0.489 e. The highest BCUT2D eigenvalue weighted by Crippen LogP contribution is 2.36. The second-order valence-corrected chi connectivity index (χ2v) is 9.74. The first-order valence-electron chi connectivity index (χ1n) is 12.6. The van der Waals surface area contributed by atoms with E-state index in [2.05, 4.69) is 16.8 Å². The van der Waals surface area contributed by atoms with Crippen LogP contribution in [0.2, 0.25) is 0 Å². The summed E-state index contributed by atoms with van der Waals surface area (Å²) in [4.78, 5) is 21.7. The summed E-state index contributed by atoms with van der Waals surface area (Å²) in [7, 11) is 0. The van der Waals surface area contributed by atoms with Crippen LogP contribution in [0.4, 0.5) is 5.69 Å². The molecule has 1 unspecified atom stereocenters. The summed E-state index contributed by atoms with van der Waals surface area (Å²) < 4.78 is 8.17.